The number of nitrogens with one attached hydrogen (secondary N) is 2. The Morgan fingerprint density at radius 1 is 1.10 bits per heavy atom. The molecule has 1 fully saturated rings. The second kappa shape index (κ2) is 13.2. The van der Waals surface area contributed by atoms with Gasteiger partial charge in [0.15, 0.2) is 0 Å². The molecule has 0 bridgehead atoms. The monoisotopic (exact) mass is 600 g/mol. The van der Waals surface area contributed by atoms with Crippen molar-refractivity contribution in [2.75, 3.05) is 24.1 Å². The van der Waals surface area contributed by atoms with Crippen LogP contribution in [0.5, 0.6) is 0 Å². The summed E-state index contributed by atoms with van der Waals surface area (Å²) in [5, 5.41) is 9.95. The van der Waals surface area contributed by atoms with Crippen molar-refractivity contribution in [1.82, 2.24) is 19.9 Å². The summed E-state index contributed by atoms with van der Waals surface area (Å²) in [5.41, 5.74) is -0.201. The summed E-state index contributed by atoms with van der Waals surface area (Å²) < 4.78 is 67.7. The number of carboxylic acid groups (broad SMARTS) is 1. The predicted octanol–water partition coefficient (Wildman–Crippen LogP) is 4.72. The Morgan fingerprint density at radius 2 is 1.82 bits per heavy atom. The number of halogens is 4. The molecule has 4 rings (SSSR count). The third-order valence-electron chi connectivity index (χ3n) is 6.45. The van der Waals surface area contributed by atoms with E-state index in [1.54, 1.807) is 12.1 Å². The number of anilines is 2. The topological polar surface area (TPSA) is 137 Å². The lowest BCUT2D eigenvalue weighted by molar-refractivity contribution is -0.137. The second-order valence-electron chi connectivity index (χ2n) is 9.21. The van der Waals surface area contributed by atoms with Crippen LogP contribution in [0.3, 0.4) is 0 Å². The maximum Gasteiger partial charge on any atom is 0.417 e. The smallest absolute Gasteiger partial charge is 0.417 e. The predicted molar refractivity (Wildman–Crippen MR) is 144 cm³/mol. The van der Waals surface area contributed by atoms with Gasteiger partial charge in [-0.2, -0.15) is 13.2 Å². The zero-order valence-electron chi connectivity index (χ0n) is 21.5. The van der Waals surface area contributed by atoms with Gasteiger partial charge in [0.2, 0.25) is 0 Å². The first-order valence-corrected chi connectivity index (χ1v) is 13.8. The minimum absolute atomic E-state index is 0.00778. The van der Waals surface area contributed by atoms with Gasteiger partial charge in [0.1, 0.15) is 22.9 Å². The molecule has 10 nitrogen and oxygen atoms in total. The highest BCUT2D eigenvalue weighted by Crippen LogP contribution is 2.40. The summed E-state index contributed by atoms with van der Waals surface area (Å²) in [6.07, 6.45) is 1.41. The van der Waals surface area contributed by atoms with Gasteiger partial charge in [-0.15, -0.1) is 0 Å². The molecular formula is C25H28ClF3N6O4S. The average molecular weight is 601 g/mol. The van der Waals surface area contributed by atoms with Crippen molar-refractivity contribution in [2.24, 2.45) is 0 Å². The van der Waals surface area contributed by atoms with E-state index in [-0.39, 0.29) is 40.2 Å². The van der Waals surface area contributed by atoms with Crippen LogP contribution in [0.15, 0.2) is 60.0 Å². The van der Waals surface area contributed by atoms with Gasteiger partial charge in [0.25, 0.3) is 16.5 Å². The van der Waals surface area contributed by atoms with Crippen molar-refractivity contribution in [3.05, 3.63) is 71.3 Å². The first-order chi connectivity index (χ1) is 18.9. The zero-order valence-corrected chi connectivity index (χ0v) is 23.1. The quantitative estimate of drug-likeness (QED) is 0.329. The van der Waals surface area contributed by atoms with Crippen molar-refractivity contribution in [2.45, 2.75) is 48.3 Å². The molecule has 1 aliphatic carbocycles. The van der Waals surface area contributed by atoms with E-state index in [1.807, 2.05) is 19.0 Å². The molecule has 0 radical (unpaired) electrons. The third-order valence-corrected chi connectivity index (χ3v) is 8.12. The lowest BCUT2D eigenvalue weighted by Crippen LogP contribution is -2.47. The molecule has 0 spiro atoms. The van der Waals surface area contributed by atoms with Crippen LogP contribution in [0.2, 0.25) is 5.02 Å². The van der Waals surface area contributed by atoms with Gasteiger partial charge in [0.05, 0.1) is 10.6 Å². The molecule has 0 unspecified atom stereocenters. The number of benzene rings is 1. The summed E-state index contributed by atoms with van der Waals surface area (Å²) in [6.45, 7) is -0.250. The Kier molecular flexibility index (Phi) is 10.3. The zero-order chi connectivity index (χ0) is 29.5. The van der Waals surface area contributed by atoms with Crippen LogP contribution in [0, 0.1) is 0 Å². The molecule has 0 aliphatic heterocycles. The first kappa shape index (κ1) is 31.0. The van der Waals surface area contributed by atoms with Crippen molar-refractivity contribution >= 4 is 39.7 Å². The Bertz CT molecular complexity index is 1380. The SMILES string of the molecule is CN(C)[C@H]1C[C@@H](c2ccc(Cl)c(C(F)(F)F)c2)CC[C@@H]1Nc1ccc(S(=O)(=O)Nc2ccncn2)cn1.O=CO. The largest absolute Gasteiger partial charge is 0.483 e. The minimum atomic E-state index is -4.51. The van der Waals surface area contributed by atoms with E-state index in [0.29, 0.717) is 30.6 Å². The summed E-state index contributed by atoms with van der Waals surface area (Å²) >= 11 is 5.80. The number of carbonyl (C=O) groups is 1. The van der Waals surface area contributed by atoms with Crippen molar-refractivity contribution in [3.8, 4) is 0 Å². The lowest BCUT2D eigenvalue weighted by Gasteiger charge is -2.40. The van der Waals surface area contributed by atoms with E-state index in [0.717, 1.165) is 6.07 Å². The molecule has 3 atom stereocenters. The van der Waals surface area contributed by atoms with Crippen LogP contribution < -0.4 is 10.0 Å². The van der Waals surface area contributed by atoms with Crippen LogP contribution in [-0.4, -0.2) is 66.0 Å². The first-order valence-electron chi connectivity index (χ1n) is 12.0. The summed E-state index contributed by atoms with van der Waals surface area (Å²) in [7, 11) is -0.0243. The normalized spacial score (nSPS) is 19.3. The maximum absolute atomic E-state index is 13.4. The highest BCUT2D eigenvalue weighted by atomic mass is 35.5. The number of rotatable bonds is 7. The van der Waals surface area contributed by atoms with Crippen LogP contribution in [0.25, 0.3) is 0 Å². The van der Waals surface area contributed by atoms with E-state index in [9.17, 15) is 21.6 Å². The average Bonchev–Trinajstić information content (AvgIpc) is 2.89. The maximum atomic E-state index is 13.4. The minimum Gasteiger partial charge on any atom is -0.483 e. The van der Waals surface area contributed by atoms with E-state index in [4.69, 9.17) is 21.5 Å². The van der Waals surface area contributed by atoms with Crippen LogP contribution in [0.4, 0.5) is 24.8 Å². The molecule has 1 aliphatic rings. The Hall–Kier alpha value is -3.49. The summed E-state index contributed by atoms with van der Waals surface area (Å²) in [5.74, 6) is 0.588. The molecule has 3 N–H and O–H groups in total. The molecule has 2 aromatic heterocycles. The molecule has 0 saturated heterocycles. The lowest BCUT2D eigenvalue weighted by atomic mass is 9.78. The standard InChI is InChI=1S/C24H26ClF3N6O2S.CH2O2/c1-34(2)21-12-16(15-3-6-19(25)18(11-15)24(26,27)28)4-7-20(21)32-22-8-5-17(13-30-22)37(35,36)33-23-9-10-29-14-31-23;2-1-3/h3,5-6,8-11,13-14,16,20-21H,4,7,12H2,1-2H3,(H,30,32)(H,29,31,33);1H,(H,2,3)/t16-,20-,21-;/m0./s1. The highest BCUT2D eigenvalue weighted by Gasteiger charge is 2.36. The van der Waals surface area contributed by atoms with E-state index in [1.165, 1.54) is 36.9 Å². The van der Waals surface area contributed by atoms with Gasteiger partial charge < -0.3 is 15.3 Å². The number of nitrogens with zero attached hydrogens (tertiary/aromatic N) is 4. The second-order valence-corrected chi connectivity index (χ2v) is 11.3. The van der Waals surface area contributed by atoms with Crippen LogP contribution in [-0.2, 0) is 21.0 Å². The van der Waals surface area contributed by atoms with Gasteiger partial charge >= 0.3 is 6.18 Å². The molecule has 216 valence electrons. The molecular weight excluding hydrogens is 573 g/mol. The molecule has 2 heterocycles. The Morgan fingerprint density at radius 3 is 2.40 bits per heavy atom. The Labute approximate surface area is 234 Å². The van der Waals surface area contributed by atoms with Crippen LogP contribution >= 0.6 is 11.6 Å². The molecule has 3 aromatic rings. The van der Waals surface area contributed by atoms with Crippen molar-refractivity contribution < 1.29 is 31.5 Å². The number of pyridine rings is 1. The van der Waals surface area contributed by atoms with Crippen molar-refractivity contribution in [3.63, 3.8) is 0 Å². The molecule has 15 heteroatoms. The van der Waals surface area contributed by atoms with E-state index >= 15 is 0 Å². The van der Waals surface area contributed by atoms with Gasteiger partial charge in [-0.05, 0) is 75.2 Å². The number of hydrogen-bond acceptors (Lipinski definition) is 8. The summed E-state index contributed by atoms with van der Waals surface area (Å²) in [4.78, 5) is 22.3. The van der Waals surface area contributed by atoms with Gasteiger partial charge in [0, 0.05) is 24.5 Å². The number of aromatic nitrogens is 3. The Balaban J connectivity index is 0.00000141. The van der Waals surface area contributed by atoms with Crippen LogP contribution in [0.1, 0.15) is 36.3 Å². The number of likely N-dealkylation sites (N-methyl/N-ethyl adjacent to an activating group) is 1. The van der Waals surface area contributed by atoms with Crippen molar-refractivity contribution in [1.29, 1.82) is 0 Å². The fraction of sp³-hybridized carbons (Fsp3) is 0.360. The van der Waals surface area contributed by atoms with E-state index in [2.05, 4.69) is 25.0 Å². The highest BCUT2D eigenvalue weighted by molar-refractivity contribution is 7.92. The number of hydrogen-bond donors (Lipinski definition) is 3. The number of alkyl halides is 3. The number of sulfonamides is 1. The molecule has 1 saturated carbocycles. The van der Waals surface area contributed by atoms with Gasteiger partial charge in [-0.3, -0.25) is 9.52 Å². The summed E-state index contributed by atoms with van der Waals surface area (Å²) in [6, 6.07) is 8.58. The fourth-order valence-corrected chi connectivity index (χ4v) is 5.74. The molecule has 40 heavy (non-hydrogen) atoms. The molecule has 1 aromatic carbocycles. The van der Waals surface area contributed by atoms with Gasteiger partial charge in [-0.25, -0.2) is 23.4 Å². The third kappa shape index (κ3) is 8.02. The fourth-order valence-electron chi connectivity index (χ4n) is 4.56. The van der Waals surface area contributed by atoms with E-state index < -0.39 is 21.8 Å². The molecule has 0 amide bonds. The van der Waals surface area contributed by atoms with Gasteiger partial charge in [-0.1, -0.05) is 17.7 Å².